The summed E-state index contributed by atoms with van der Waals surface area (Å²) in [5, 5.41) is 0. The summed E-state index contributed by atoms with van der Waals surface area (Å²) < 4.78 is 12.5. The van der Waals surface area contributed by atoms with Crippen LogP contribution in [0, 0.1) is 5.82 Å². The van der Waals surface area contributed by atoms with Gasteiger partial charge in [-0.25, -0.2) is 4.39 Å². The van der Waals surface area contributed by atoms with Gasteiger partial charge < -0.3 is 0 Å². The van der Waals surface area contributed by atoms with E-state index in [-0.39, 0.29) is 17.5 Å². The molecule has 0 N–H and O–H groups in total. The van der Waals surface area contributed by atoms with Crippen molar-refractivity contribution in [2.24, 2.45) is 0 Å². The molecule has 0 saturated carbocycles. The number of carbonyl (C=O) groups excluding carboxylic acids is 1. The average molecular weight is 219 g/mol. The van der Waals surface area contributed by atoms with E-state index in [0.717, 1.165) is 4.90 Å². The fraction of sp³-hybridized carbons (Fsp3) is 0.222. The third-order valence-electron chi connectivity index (χ3n) is 1.36. The van der Waals surface area contributed by atoms with E-state index in [0.29, 0.717) is 5.75 Å². The Labute approximate surface area is 85.3 Å². The molecule has 0 heterocycles. The SMILES string of the molecule is O=C(CCl)CSc1ccc(F)cc1. The first-order valence-corrected chi connectivity index (χ1v) is 5.20. The number of hydrogen-bond acceptors (Lipinski definition) is 2. The van der Waals surface area contributed by atoms with Gasteiger partial charge in [0.25, 0.3) is 0 Å². The molecule has 0 atom stereocenters. The topological polar surface area (TPSA) is 17.1 Å². The highest BCUT2D eigenvalue weighted by molar-refractivity contribution is 8.00. The van der Waals surface area contributed by atoms with Gasteiger partial charge >= 0.3 is 0 Å². The first kappa shape index (κ1) is 10.5. The first-order valence-electron chi connectivity index (χ1n) is 3.68. The monoisotopic (exact) mass is 218 g/mol. The predicted molar refractivity (Wildman–Crippen MR) is 52.9 cm³/mol. The molecule has 0 aliphatic rings. The van der Waals surface area contributed by atoms with Crippen molar-refractivity contribution in [1.82, 2.24) is 0 Å². The summed E-state index contributed by atoms with van der Waals surface area (Å²) in [5.74, 6) is 0.0903. The molecule has 1 rings (SSSR count). The summed E-state index contributed by atoms with van der Waals surface area (Å²) in [6, 6.07) is 6.02. The Kier molecular flexibility index (Phi) is 4.25. The Balaban J connectivity index is 2.46. The van der Waals surface area contributed by atoms with E-state index >= 15 is 0 Å². The van der Waals surface area contributed by atoms with Crippen molar-refractivity contribution in [3.05, 3.63) is 30.1 Å². The van der Waals surface area contributed by atoms with Crippen LogP contribution >= 0.6 is 23.4 Å². The van der Waals surface area contributed by atoms with E-state index in [1.807, 2.05) is 0 Å². The Morgan fingerprint density at radius 1 is 1.38 bits per heavy atom. The molecule has 1 aromatic carbocycles. The number of ketones is 1. The van der Waals surface area contributed by atoms with Crippen molar-refractivity contribution in [3.63, 3.8) is 0 Å². The number of rotatable bonds is 4. The van der Waals surface area contributed by atoms with Gasteiger partial charge in [0.1, 0.15) is 5.82 Å². The molecular weight excluding hydrogens is 211 g/mol. The van der Waals surface area contributed by atoms with Gasteiger partial charge in [-0.05, 0) is 24.3 Å². The van der Waals surface area contributed by atoms with Gasteiger partial charge in [0.15, 0.2) is 5.78 Å². The summed E-state index contributed by atoms with van der Waals surface area (Å²) in [4.78, 5) is 11.7. The van der Waals surface area contributed by atoms with Gasteiger partial charge in [-0.15, -0.1) is 23.4 Å². The van der Waals surface area contributed by atoms with Crippen molar-refractivity contribution in [2.45, 2.75) is 4.90 Å². The van der Waals surface area contributed by atoms with Gasteiger partial charge in [0, 0.05) is 4.90 Å². The molecule has 0 saturated heterocycles. The third kappa shape index (κ3) is 3.79. The van der Waals surface area contributed by atoms with Gasteiger partial charge in [-0.2, -0.15) is 0 Å². The van der Waals surface area contributed by atoms with Crippen LogP contribution in [0.2, 0.25) is 0 Å². The smallest absolute Gasteiger partial charge is 0.157 e. The summed E-state index contributed by atoms with van der Waals surface area (Å²) in [6.45, 7) is 0. The number of carbonyl (C=O) groups is 1. The minimum absolute atomic E-state index is 0.0176. The maximum atomic E-state index is 12.5. The van der Waals surface area contributed by atoms with Crippen molar-refractivity contribution in [1.29, 1.82) is 0 Å². The van der Waals surface area contributed by atoms with Gasteiger partial charge in [-0.1, -0.05) is 0 Å². The van der Waals surface area contributed by atoms with E-state index in [9.17, 15) is 9.18 Å². The zero-order chi connectivity index (χ0) is 9.68. The number of thioether (sulfide) groups is 1. The first-order chi connectivity index (χ1) is 6.22. The van der Waals surface area contributed by atoms with Crippen LogP contribution in [0.3, 0.4) is 0 Å². The number of Topliss-reactive ketones (excluding diaryl/α,β-unsaturated/α-hetero) is 1. The van der Waals surface area contributed by atoms with Crippen LogP contribution in [0.4, 0.5) is 4.39 Å². The van der Waals surface area contributed by atoms with Gasteiger partial charge in [0.05, 0.1) is 11.6 Å². The van der Waals surface area contributed by atoms with Crippen molar-refractivity contribution < 1.29 is 9.18 Å². The quantitative estimate of drug-likeness (QED) is 0.571. The molecule has 70 valence electrons. The molecule has 4 heteroatoms. The second-order valence-corrected chi connectivity index (χ2v) is 3.73. The Hall–Kier alpha value is -0.540. The van der Waals surface area contributed by atoms with E-state index in [2.05, 4.69) is 0 Å². The molecule has 0 bridgehead atoms. The summed E-state index contributed by atoms with van der Waals surface area (Å²) in [5.41, 5.74) is 0. The minimum Gasteiger partial charge on any atom is -0.297 e. The zero-order valence-corrected chi connectivity index (χ0v) is 8.37. The largest absolute Gasteiger partial charge is 0.297 e. The maximum Gasteiger partial charge on any atom is 0.157 e. The normalized spacial score (nSPS) is 10.0. The van der Waals surface area contributed by atoms with E-state index in [1.54, 1.807) is 12.1 Å². The van der Waals surface area contributed by atoms with E-state index < -0.39 is 0 Å². The van der Waals surface area contributed by atoms with Gasteiger partial charge in [0.2, 0.25) is 0 Å². The molecule has 0 fully saturated rings. The van der Waals surface area contributed by atoms with Crippen molar-refractivity contribution in [3.8, 4) is 0 Å². The molecule has 0 aromatic heterocycles. The number of benzene rings is 1. The van der Waals surface area contributed by atoms with Crippen molar-refractivity contribution >= 4 is 29.1 Å². The van der Waals surface area contributed by atoms with Crippen LogP contribution in [0.25, 0.3) is 0 Å². The highest BCUT2D eigenvalue weighted by atomic mass is 35.5. The molecule has 0 radical (unpaired) electrons. The molecule has 0 spiro atoms. The predicted octanol–water partition coefficient (Wildman–Crippen LogP) is 2.73. The lowest BCUT2D eigenvalue weighted by atomic mass is 10.4. The van der Waals surface area contributed by atoms with Crippen LogP contribution in [0.15, 0.2) is 29.2 Å². The Morgan fingerprint density at radius 3 is 2.54 bits per heavy atom. The maximum absolute atomic E-state index is 12.5. The van der Waals surface area contributed by atoms with Gasteiger partial charge in [-0.3, -0.25) is 4.79 Å². The molecule has 0 unspecified atom stereocenters. The molecule has 0 aliphatic carbocycles. The third-order valence-corrected chi connectivity index (χ3v) is 2.73. The van der Waals surface area contributed by atoms with Crippen LogP contribution < -0.4 is 0 Å². The molecule has 0 aliphatic heterocycles. The fourth-order valence-electron chi connectivity index (χ4n) is 0.733. The average Bonchev–Trinajstić information content (AvgIpc) is 2.16. The molecular formula is C9H8ClFOS. The lowest BCUT2D eigenvalue weighted by molar-refractivity contribution is -0.114. The number of halogens is 2. The van der Waals surface area contributed by atoms with Crippen LogP contribution in [-0.2, 0) is 4.79 Å². The Bertz CT molecular complexity index is 286. The Morgan fingerprint density at radius 2 is 2.00 bits per heavy atom. The van der Waals surface area contributed by atoms with E-state index in [4.69, 9.17) is 11.6 Å². The lowest BCUT2D eigenvalue weighted by Crippen LogP contribution is -2.01. The number of hydrogen-bond donors (Lipinski definition) is 0. The molecule has 13 heavy (non-hydrogen) atoms. The standard InChI is InChI=1S/C9H8ClFOS/c10-5-8(12)6-13-9-3-1-7(11)2-4-9/h1-4H,5-6H2. The lowest BCUT2D eigenvalue weighted by Gasteiger charge is -1.98. The van der Waals surface area contributed by atoms with Crippen LogP contribution in [0.1, 0.15) is 0 Å². The summed E-state index contributed by atoms with van der Waals surface area (Å²) in [7, 11) is 0. The minimum atomic E-state index is -0.270. The highest BCUT2D eigenvalue weighted by Gasteiger charge is 2.00. The summed E-state index contributed by atoms with van der Waals surface area (Å²) >= 11 is 6.68. The molecule has 1 nitrogen and oxygen atoms in total. The molecule has 0 amide bonds. The fourth-order valence-corrected chi connectivity index (χ4v) is 1.70. The zero-order valence-electron chi connectivity index (χ0n) is 6.80. The van der Waals surface area contributed by atoms with Crippen LogP contribution in [0.5, 0.6) is 0 Å². The summed E-state index contributed by atoms with van der Waals surface area (Å²) in [6.07, 6.45) is 0. The highest BCUT2D eigenvalue weighted by Crippen LogP contribution is 2.17. The van der Waals surface area contributed by atoms with Crippen molar-refractivity contribution in [2.75, 3.05) is 11.6 Å². The van der Waals surface area contributed by atoms with Crippen LogP contribution in [-0.4, -0.2) is 17.4 Å². The second kappa shape index (κ2) is 5.25. The van der Waals surface area contributed by atoms with E-state index in [1.165, 1.54) is 23.9 Å². The second-order valence-electron chi connectivity index (χ2n) is 2.41. The molecule has 1 aromatic rings. The number of alkyl halides is 1.